The topological polar surface area (TPSA) is 99.4 Å². The second-order valence-electron chi connectivity index (χ2n) is 3.62. The summed E-state index contributed by atoms with van der Waals surface area (Å²) in [6.07, 6.45) is 0. The lowest BCUT2D eigenvalue weighted by atomic mass is 10.3. The van der Waals surface area contributed by atoms with Crippen molar-refractivity contribution in [2.24, 2.45) is 5.18 Å². The summed E-state index contributed by atoms with van der Waals surface area (Å²) in [4.78, 5) is 34.0. The lowest BCUT2D eigenvalue weighted by molar-refractivity contribution is 0.524. The monoisotopic (exact) mass is 226 g/mol. The zero-order valence-corrected chi connectivity index (χ0v) is 9.43. The lowest BCUT2D eigenvalue weighted by Gasteiger charge is -2.15. The first-order valence-electron chi connectivity index (χ1n) is 4.93. The Kier molecular flexibility index (Phi) is 3.26. The first-order chi connectivity index (χ1) is 7.45. The molecule has 16 heavy (non-hydrogen) atoms. The number of nitrogens with two attached hydrogens (primary N) is 1. The molecule has 0 aliphatic carbocycles. The van der Waals surface area contributed by atoms with Gasteiger partial charge in [-0.3, -0.25) is 13.9 Å². The van der Waals surface area contributed by atoms with Crippen molar-refractivity contribution in [3.05, 3.63) is 25.7 Å². The predicted molar refractivity (Wildman–Crippen MR) is 60.9 cm³/mol. The molecule has 7 heteroatoms. The fourth-order valence-electron chi connectivity index (χ4n) is 1.54. The number of aromatic nitrogens is 2. The Hall–Kier alpha value is -1.92. The maximum absolute atomic E-state index is 11.9. The van der Waals surface area contributed by atoms with Gasteiger partial charge in [0.15, 0.2) is 0 Å². The van der Waals surface area contributed by atoms with Crippen LogP contribution in [-0.2, 0) is 6.54 Å². The maximum Gasteiger partial charge on any atom is 0.332 e. The summed E-state index contributed by atoms with van der Waals surface area (Å²) in [5.74, 6) is -0.176. The Morgan fingerprint density at radius 3 is 2.31 bits per heavy atom. The van der Waals surface area contributed by atoms with E-state index in [1.54, 1.807) is 20.8 Å². The molecule has 0 saturated heterocycles. The minimum absolute atomic E-state index is 0.174. The van der Waals surface area contributed by atoms with Crippen molar-refractivity contribution in [2.45, 2.75) is 33.4 Å². The average molecular weight is 226 g/mol. The van der Waals surface area contributed by atoms with Gasteiger partial charge in [0.2, 0.25) is 5.69 Å². The van der Waals surface area contributed by atoms with E-state index in [1.807, 2.05) is 0 Å². The van der Waals surface area contributed by atoms with E-state index in [-0.39, 0.29) is 18.4 Å². The van der Waals surface area contributed by atoms with E-state index in [4.69, 9.17) is 5.73 Å². The van der Waals surface area contributed by atoms with Crippen molar-refractivity contribution in [1.82, 2.24) is 9.13 Å². The average Bonchev–Trinajstić information content (AvgIpc) is 2.18. The van der Waals surface area contributed by atoms with Crippen LogP contribution < -0.4 is 17.0 Å². The minimum Gasteiger partial charge on any atom is -0.383 e. The fourth-order valence-corrected chi connectivity index (χ4v) is 1.54. The van der Waals surface area contributed by atoms with Crippen molar-refractivity contribution in [3.8, 4) is 0 Å². The molecule has 0 radical (unpaired) electrons. The number of nitrogens with zero attached hydrogens (tertiary/aromatic N) is 3. The van der Waals surface area contributed by atoms with E-state index in [0.717, 1.165) is 4.57 Å². The predicted octanol–water partition coefficient (Wildman–Crippen LogP) is 0.591. The maximum atomic E-state index is 11.9. The highest BCUT2D eigenvalue weighted by atomic mass is 16.3. The van der Waals surface area contributed by atoms with Crippen LogP contribution in [0.25, 0.3) is 0 Å². The molecule has 0 amide bonds. The fraction of sp³-hybridized carbons (Fsp3) is 0.556. The highest BCUT2D eigenvalue weighted by Gasteiger charge is 2.18. The summed E-state index contributed by atoms with van der Waals surface area (Å²) >= 11 is 0. The summed E-state index contributed by atoms with van der Waals surface area (Å²) < 4.78 is 2.12. The number of anilines is 1. The zero-order chi connectivity index (χ0) is 12.5. The molecular weight excluding hydrogens is 212 g/mol. The van der Waals surface area contributed by atoms with Gasteiger partial charge in [-0.15, -0.1) is 4.91 Å². The minimum atomic E-state index is -0.739. The molecule has 7 nitrogen and oxygen atoms in total. The van der Waals surface area contributed by atoms with Crippen molar-refractivity contribution in [1.29, 1.82) is 0 Å². The SMILES string of the molecule is CCn1c(=O)c(N=O)c(N)n(C(C)C)c1=O. The molecule has 0 spiro atoms. The third-order valence-corrected chi connectivity index (χ3v) is 2.31. The van der Waals surface area contributed by atoms with Crippen molar-refractivity contribution in [3.63, 3.8) is 0 Å². The third kappa shape index (κ3) is 1.64. The van der Waals surface area contributed by atoms with Gasteiger partial charge in [-0.25, -0.2) is 4.79 Å². The molecule has 0 unspecified atom stereocenters. The van der Waals surface area contributed by atoms with Crippen LogP contribution in [0.5, 0.6) is 0 Å². The Morgan fingerprint density at radius 2 is 1.94 bits per heavy atom. The number of rotatable bonds is 3. The molecule has 0 aliphatic heterocycles. The van der Waals surface area contributed by atoms with Crippen molar-refractivity contribution < 1.29 is 0 Å². The van der Waals surface area contributed by atoms with Gasteiger partial charge in [0, 0.05) is 12.6 Å². The molecule has 0 aromatic carbocycles. The molecule has 1 aromatic heterocycles. The summed E-state index contributed by atoms with van der Waals surface area (Å²) in [6, 6.07) is -0.244. The van der Waals surface area contributed by atoms with E-state index in [0.29, 0.717) is 0 Å². The standard InChI is InChI=1S/C9H14N4O3/c1-4-12-8(14)6(11-16)7(10)13(5(2)3)9(12)15/h5H,4,10H2,1-3H3. The molecule has 0 fully saturated rings. The van der Waals surface area contributed by atoms with Gasteiger partial charge in [0.25, 0.3) is 5.56 Å². The van der Waals surface area contributed by atoms with Gasteiger partial charge in [-0.2, -0.15) is 0 Å². The van der Waals surface area contributed by atoms with Crippen LogP contribution in [0.4, 0.5) is 11.5 Å². The molecule has 1 heterocycles. The number of hydrogen-bond donors (Lipinski definition) is 1. The summed E-state index contributed by atoms with van der Waals surface area (Å²) in [6.45, 7) is 5.28. The number of hydrogen-bond acceptors (Lipinski definition) is 5. The van der Waals surface area contributed by atoms with Crippen LogP contribution in [0.3, 0.4) is 0 Å². The summed E-state index contributed by atoms with van der Waals surface area (Å²) in [7, 11) is 0. The highest BCUT2D eigenvalue weighted by molar-refractivity contribution is 5.56. The van der Waals surface area contributed by atoms with Gasteiger partial charge in [-0.1, -0.05) is 0 Å². The van der Waals surface area contributed by atoms with E-state index in [9.17, 15) is 14.5 Å². The summed E-state index contributed by atoms with van der Waals surface area (Å²) in [5, 5.41) is 2.59. The number of nitrogen functional groups attached to an aromatic ring is 1. The molecule has 0 saturated carbocycles. The van der Waals surface area contributed by atoms with E-state index >= 15 is 0 Å². The largest absolute Gasteiger partial charge is 0.383 e. The third-order valence-electron chi connectivity index (χ3n) is 2.31. The molecule has 0 bridgehead atoms. The second-order valence-corrected chi connectivity index (χ2v) is 3.62. The first-order valence-corrected chi connectivity index (χ1v) is 4.93. The van der Waals surface area contributed by atoms with Gasteiger partial charge in [0.1, 0.15) is 5.82 Å². The Balaban J connectivity index is 3.85. The van der Waals surface area contributed by atoms with Crippen LogP contribution in [0, 0.1) is 4.91 Å². The first kappa shape index (κ1) is 12.2. The highest BCUT2D eigenvalue weighted by Crippen LogP contribution is 2.17. The van der Waals surface area contributed by atoms with Gasteiger partial charge in [0.05, 0.1) is 0 Å². The lowest BCUT2D eigenvalue weighted by Crippen LogP contribution is -2.41. The zero-order valence-electron chi connectivity index (χ0n) is 9.43. The Bertz CT molecular complexity index is 527. The Morgan fingerprint density at radius 1 is 1.38 bits per heavy atom. The van der Waals surface area contributed by atoms with Gasteiger partial charge < -0.3 is 5.73 Å². The molecule has 1 aromatic rings. The molecular formula is C9H14N4O3. The normalized spacial score (nSPS) is 10.8. The molecule has 0 aliphatic rings. The van der Waals surface area contributed by atoms with Crippen molar-refractivity contribution >= 4 is 11.5 Å². The van der Waals surface area contributed by atoms with E-state index < -0.39 is 16.9 Å². The smallest absolute Gasteiger partial charge is 0.332 e. The van der Waals surface area contributed by atoms with Gasteiger partial charge in [-0.05, 0) is 25.9 Å². The van der Waals surface area contributed by atoms with Crippen LogP contribution in [-0.4, -0.2) is 9.13 Å². The Labute approximate surface area is 91.5 Å². The molecule has 2 N–H and O–H groups in total. The van der Waals surface area contributed by atoms with Crippen molar-refractivity contribution in [2.75, 3.05) is 5.73 Å². The molecule has 88 valence electrons. The van der Waals surface area contributed by atoms with Crippen LogP contribution >= 0.6 is 0 Å². The number of nitroso groups, excluding NO2 is 1. The summed E-state index contributed by atoms with van der Waals surface area (Å²) in [5.41, 5.74) is 3.91. The molecule has 0 atom stereocenters. The van der Waals surface area contributed by atoms with Gasteiger partial charge >= 0.3 is 5.69 Å². The quantitative estimate of drug-likeness (QED) is 0.762. The van der Waals surface area contributed by atoms with E-state index in [1.165, 1.54) is 4.57 Å². The van der Waals surface area contributed by atoms with Crippen LogP contribution in [0.1, 0.15) is 26.8 Å². The second kappa shape index (κ2) is 4.30. The van der Waals surface area contributed by atoms with Crippen LogP contribution in [0.15, 0.2) is 14.8 Å². The van der Waals surface area contributed by atoms with E-state index in [2.05, 4.69) is 5.18 Å². The van der Waals surface area contributed by atoms with Crippen LogP contribution in [0.2, 0.25) is 0 Å². The molecule has 1 rings (SSSR count).